The molecule has 0 spiro atoms. The number of fused-ring (bicyclic) bond motifs is 1. The molecule has 0 aliphatic rings. The summed E-state index contributed by atoms with van der Waals surface area (Å²) in [6, 6.07) is 2.09. The van der Waals surface area contributed by atoms with Gasteiger partial charge in [0.1, 0.15) is 6.04 Å². The molecule has 1 aromatic carbocycles. The molecule has 2 aromatic rings. The van der Waals surface area contributed by atoms with Crippen LogP contribution in [-0.4, -0.2) is 18.2 Å². The highest BCUT2D eigenvalue weighted by Gasteiger charge is 2.39. The summed E-state index contributed by atoms with van der Waals surface area (Å²) in [5, 5.41) is 2.17. The lowest BCUT2D eigenvalue weighted by atomic mass is 10.1. The van der Waals surface area contributed by atoms with Crippen LogP contribution in [0, 0.1) is 0 Å². The van der Waals surface area contributed by atoms with Gasteiger partial charge in [0.2, 0.25) is 0 Å². The molecule has 0 saturated heterocycles. The van der Waals surface area contributed by atoms with Crippen LogP contribution < -0.4 is 11.1 Å². The lowest BCUT2D eigenvalue weighted by Crippen LogP contribution is -2.31. The van der Waals surface area contributed by atoms with Crippen molar-refractivity contribution >= 4 is 11.1 Å². The second-order valence-corrected chi connectivity index (χ2v) is 3.53. The highest BCUT2D eigenvalue weighted by atomic mass is 19.4. The van der Waals surface area contributed by atoms with Crippen molar-refractivity contribution in [3.8, 4) is 0 Å². The maximum atomic E-state index is 12.6. The minimum atomic E-state index is -4.40. The van der Waals surface area contributed by atoms with E-state index in [0.717, 1.165) is 0 Å². The molecule has 17 heavy (non-hydrogen) atoms. The lowest BCUT2D eigenvalue weighted by Gasteiger charge is -2.19. The van der Waals surface area contributed by atoms with Gasteiger partial charge >= 0.3 is 11.9 Å². The zero-order valence-electron chi connectivity index (χ0n) is 8.76. The zero-order valence-corrected chi connectivity index (χ0v) is 8.76. The molecule has 1 unspecified atom stereocenters. The lowest BCUT2D eigenvalue weighted by molar-refractivity contribution is -0.156. The topological polar surface area (TPSA) is 58.0 Å². The van der Waals surface area contributed by atoms with Crippen molar-refractivity contribution in [1.29, 1.82) is 0 Å². The molecule has 0 fully saturated rings. The van der Waals surface area contributed by atoms with Gasteiger partial charge in [-0.15, -0.1) is 0 Å². The average molecular weight is 246 g/mol. The largest absolute Gasteiger partial charge is 0.417 e. The molecular weight excluding hydrogens is 237 g/mol. The van der Waals surface area contributed by atoms with E-state index in [1.54, 1.807) is 0 Å². The molecule has 2 rings (SSSR count). The van der Waals surface area contributed by atoms with Crippen molar-refractivity contribution in [3.63, 3.8) is 0 Å². The van der Waals surface area contributed by atoms with Gasteiger partial charge in [-0.05, 0) is 24.7 Å². The minimum Gasteiger partial charge on any atom is -0.408 e. The summed E-state index contributed by atoms with van der Waals surface area (Å²) < 4.78 is 42.7. The predicted molar refractivity (Wildman–Crippen MR) is 54.7 cm³/mol. The number of oxazole rings is 1. The number of hydrogen-bond acceptors (Lipinski definition) is 3. The standard InChI is InChI=1S/C10H9F3N2O2/c1-14-8(10(11,12)13)5-2-3-6-7(4-5)17-9(16)15-6/h2-4,8,14H,1H3,(H,15,16). The van der Waals surface area contributed by atoms with Crippen LogP contribution in [0.25, 0.3) is 11.1 Å². The van der Waals surface area contributed by atoms with Crippen molar-refractivity contribution in [2.75, 3.05) is 7.05 Å². The first kappa shape index (κ1) is 11.7. The number of aromatic nitrogens is 1. The van der Waals surface area contributed by atoms with Gasteiger partial charge in [0.05, 0.1) is 5.52 Å². The maximum absolute atomic E-state index is 12.6. The first-order valence-electron chi connectivity index (χ1n) is 4.78. The second-order valence-electron chi connectivity index (χ2n) is 3.53. The predicted octanol–water partition coefficient (Wildman–Crippen LogP) is 1.94. The van der Waals surface area contributed by atoms with Gasteiger partial charge in [0.25, 0.3) is 0 Å². The van der Waals surface area contributed by atoms with Crippen LogP contribution in [0.2, 0.25) is 0 Å². The molecule has 4 nitrogen and oxygen atoms in total. The van der Waals surface area contributed by atoms with E-state index >= 15 is 0 Å². The molecule has 2 N–H and O–H groups in total. The number of halogens is 3. The van der Waals surface area contributed by atoms with Gasteiger partial charge in [-0.2, -0.15) is 13.2 Å². The van der Waals surface area contributed by atoms with Crippen LogP contribution in [0.4, 0.5) is 13.2 Å². The van der Waals surface area contributed by atoms with E-state index in [9.17, 15) is 18.0 Å². The summed E-state index contributed by atoms with van der Waals surface area (Å²) in [6.45, 7) is 0. The highest BCUT2D eigenvalue weighted by molar-refractivity contribution is 5.72. The van der Waals surface area contributed by atoms with Crippen LogP contribution in [0.15, 0.2) is 27.4 Å². The molecule has 1 heterocycles. The van der Waals surface area contributed by atoms with Gasteiger partial charge in [-0.25, -0.2) is 4.79 Å². The number of alkyl halides is 3. The summed E-state index contributed by atoms with van der Waals surface area (Å²) >= 11 is 0. The smallest absolute Gasteiger partial charge is 0.408 e. The molecule has 0 saturated carbocycles. The third-order valence-electron chi connectivity index (χ3n) is 2.39. The van der Waals surface area contributed by atoms with Crippen LogP contribution >= 0.6 is 0 Å². The first-order valence-corrected chi connectivity index (χ1v) is 4.78. The highest BCUT2D eigenvalue weighted by Crippen LogP contribution is 2.33. The van der Waals surface area contributed by atoms with Crippen molar-refractivity contribution in [2.45, 2.75) is 12.2 Å². The van der Waals surface area contributed by atoms with Crippen LogP contribution in [-0.2, 0) is 0 Å². The van der Waals surface area contributed by atoms with E-state index in [1.807, 2.05) is 0 Å². The average Bonchev–Trinajstić information content (AvgIpc) is 2.56. The number of aromatic amines is 1. The Bertz CT molecular complexity index is 585. The van der Waals surface area contributed by atoms with Gasteiger partial charge in [0, 0.05) is 0 Å². The quantitative estimate of drug-likeness (QED) is 0.851. The van der Waals surface area contributed by atoms with Crippen LogP contribution in [0.3, 0.4) is 0 Å². The van der Waals surface area contributed by atoms with Crippen molar-refractivity contribution < 1.29 is 17.6 Å². The number of hydrogen-bond donors (Lipinski definition) is 2. The molecule has 0 aliphatic heterocycles. The Morgan fingerprint density at radius 2 is 2.12 bits per heavy atom. The van der Waals surface area contributed by atoms with Gasteiger partial charge in [0.15, 0.2) is 5.58 Å². The number of nitrogens with one attached hydrogen (secondary N) is 2. The Kier molecular flexibility index (Phi) is 2.70. The Hall–Kier alpha value is -1.76. The number of benzene rings is 1. The molecule has 0 aliphatic carbocycles. The molecule has 0 bridgehead atoms. The Labute approximate surface area is 93.4 Å². The van der Waals surface area contributed by atoms with E-state index in [4.69, 9.17) is 4.42 Å². The minimum absolute atomic E-state index is 0.00440. The fourth-order valence-electron chi connectivity index (χ4n) is 1.66. The molecule has 92 valence electrons. The van der Waals surface area contributed by atoms with Crippen LogP contribution in [0.5, 0.6) is 0 Å². The summed E-state index contributed by atoms with van der Waals surface area (Å²) in [5.41, 5.74) is 0.475. The fraction of sp³-hybridized carbons (Fsp3) is 0.300. The van der Waals surface area contributed by atoms with E-state index < -0.39 is 18.0 Å². The van der Waals surface area contributed by atoms with Gasteiger partial charge in [-0.3, -0.25) is 4.98 Å². The normalized spacial score (nSPS) is 14.1. The van der Waals surface area contributed by atoms with Crippen molar-refractivity contribution in [1.82, 2.24) is 10.3 Å². The van der Waals surface area contributed by atoms with Crippen molar-refractivity contribution in [3.05, 3.63) is 34.3 Å². The number of H-pyrrole nitrogens is 1. The number of rotatable bonds is 2. The van der Waals surface area contributed by atoms with Gasteiger partial charge < -0.3 is 9.73 Å². The Balaban J connectivity index is 2.51. The second kappa shape index (κ2) is 3.92. The molecule has 1 atom stereocenters. The maximum Gasteiger partial charge on any atom is 0.417 e. The molecular formula is C10H9F3N2O2. The van der Waals surface area contributed by atoms with E-state index in [-0.39, 0.29) is 11.1 Å². The Morgan fingerprint density at radius 1 is 1.41 bits per heavy atom. The Morgan fingerprint density at radius 3 is 2.71 bits per heavy atom. The third kappa shape index (κ3) is 2.19. The van der Waals surface area contributed by atoms with Crippen LogP contribution in [0.1, 0.15) is 11.6 Å². The zero-order chi connectivity index (χ0) is 12.6. The summed E-state index contributed by atoms with van der Waals surface area (Å²) in [5.74, 6) is -0.690. The molecule has 0 amide bonds. The summed E-state index contributed by atoms with van der Waals surface area (Å²) in [7, 11) is 1.22. The SMILES string of the molecule is CNC(c1ccc2[nH]c(=O)oc2c1)C(F)(F)F. The van der Waals surface area contributed by atoms with Gasteiger partial charge in [-0.1, -0.05) is 6.07 Å². The molecule has 7 heteroatoms. The first-order chi connectivity index (χ1) is 7.91. The monoisotopic (exact) mass is 246 g/mol. The van der Waals surface area contributed by atoms with E-state index in [2.05, 4.69) is 10.3 Å². The summed E-state index contributed by atoms with van der Waals surface area (Å²) in [4.78, 5) is 13.2. The van der Waals surface area contributed by atoms with E-state index in [0.29, 0.717) is 5.52 Å². The fourth-order valence-corrected chi connectivity index (χ4v) is 1.66. The van der Waals surface area contributed by atoms with Crippen molar-refractivity contribution in [2.24, 2.45) is 0 Å². The third-order valence-corrected chi connectivity index (χ3v) is 2.39. The molecule has 1 aromatic heterocycles. The van der Waals surface area contributed by atoms with E-state index in [1.165, 1.54) is 25.2 Å². The molecule has 0 radical (unpaired) electrons. The summed E-state index contributed by atoms with van der Waals surface area (Å²) in [6.07, 6.45) is -4.40.